The minimum atomic E-state index is -0.238. The Hall–Kier alpha value is -1.33. The van der Waals surface area contributed by atoms with E-state index >= 15 is 0 Å². The molecule has 1 aromatic carbocycles. The van der Waals surface area contributed by atoms with Gasteiger partial charge < -0.3 is 14.4 Å². The summed E-state index contributed by atoms with van der Waals surface area (Å²) in [5.74, 6) is 1.41. The Morgan fingerprint density at radius 3 is 2.95 bits per heavy atom. The van der Waals surface area contributed by atoms with Crippen LogP contribution in [-0.2, 0) is 20.9 Å². The monoisotopic (exact) mass is 293 g/mol. The van der Waals surface area contributed by atoms with Crippen LogP contribution >= 0.6 is 11.8 Å². The number of hydrogen-bond acceptors (Lipinski definition) is 4. The smallest absolute Gasteiger partial charge is 0.223 e. The van der Waals surface area contributed by atoms with Gasteiger partial charge in [-0.15, -0.1) is 11.8 Å². The van der Waals surface area contributed by atoms with Gasteiger partial charge in [-0.3, -0.25) is 4.79 Å². The van der Waals surface area contributed by atoms with Gasteiger partial charge in [0.2, 0.25) is 5.91 Å². The Kier molecular flexibility index (Phi) is 6.08. The first-order valence-corrected chi connectivity index (χ1v) is 7.91. The molecular weight excluding hydrogens is 274 g/mol. The first kappa shape index (κ1) is 15.1. The summed E-state index contributed by atoms with van der Waals surface area (Å²) in [6, 6.07) is 9.72. The molecule has 1 aliphatic heterocycles. The van der Waals surface area contributed by atoms with Crippen molar-refractivity contribution < 1.29 is 14.3 Å². The van der Waals surface area contributed by atoms with E-state index in [1.54, 1.807) is 16.7 Å². The van der Waals surface area contributed by atoms with Crippen LogP contribution in [0.2, 0.25) is 0 Å². The average molecular weight is 293 g/mol. The Morgan fingerprint density at radius 2 is 2.20 bits per heavy atom. The quantitative estimate of drug-likeness (QED) is 0.570. The Labute approximate surface area is 123 Å². The number of hydrogen-bond donors (Lipinski definition) is 0. The lowest BCUT2D eigenvalue weighted by Gasteiger charge is -2.19. The molecule has 0 radical (unpaired) electrons. The number of carbonyl (C=O) groups is 2. The first-order chi connectivity index (χ1) is 9.81. The molecule has 1 heterocycles. The van der Waals surface area contributed by atoms with Crippen LogP contribution in [0.15, 0.2) is 30.3 Å². The van der Waals surface area contributed by atoms with Crippen LogP contribution in [0.3, 0.4) is 0 Å². The van der Waals surface area contributed by atoms with E-state index in [0.29, 0.717) is 31.9 Å². The first-order valence-electron chi connectivity index (χ1n) is 6.75. The summed E-state index contributed by atoms with van der Waals surface area (Å²) in [7, 11) is 0. The minimum Gasteiger partial charge on any atom is -0.377 e. The summed E-state index contributed by atoms with van der Waals surface area (Å²) in [6.07, 6.45) is 2.00. The molecule has 1 amide bonds. The highest BCUT2D eigenvalue weighted by Gasteiger charge is 2.28. The number of ether oxygens (including phenoxy) is 1. The molecule has 0 N–H and O–H groups in total. The molecule has 1 aromatic rings. The average Bonchev–Trinajstić information content (AvgIpc) is 2.96. The largest absolute Gasteiger partial charge is 0.377 e. The fourth-order valence-electron chi connectivity index (χ4n) is 2.06. The third-order valence-electron chi connectivity index (χ3n) is 3.19. The van der Waals surface area contributed by atoms with E-state index in [2.05, 4.69) is 0 Å². The molecule has 108 valence electrons. The predicted molar refractivity (Wildman–Crippen MR) is 79.4 cm³/mol. The third-order valence-corrected chi connectivity index (χ3v) is 4.23. The van der Waals surface area contributed by atoms with Crippen LogP contribution in [0.25, 0.3) is 0 Å². The highest BCUT2D eigenvalue weighted by atomic mass is 32.2. The van der Waals surface area contributed by atoms with Gasteiger partial charge in [0.05, 0.1) is 18.5 Å². The van der Waals surface area contributed by atoms with Crippen LogP contribution in [0.5, 0.6) is 0 Å². The van der Waals surface area contributed by atoms with Gasteiger partial charge in [0, 0.05) is 18.8 Å². The highest BCUT2D eigenvalue weighted by Crippen LogP contribution is 2.20. The lowest BCUT2D eigenvalue weighted by atomic mass is 10.2. The Bertz CT molecular complexity index is 438. The molecule has 1 saturated heterocycles. The molecule has 4 nitrogen and oxygen atoms in total. The van der Waals surface area contributed by atoms with Crippen LogP contribution < -0.4 is 0 Å². The van der Waals surface area contributed by atoms with Crippen molar-refractivity contribution in [3.63, 3.8) is 0 Å². The number of thioether (sulfide) groups is 1. The summed E-state index contributed by atoms with van der Waals surface area (Å²) in [4.78, 5) is 24.4. The van der Waals surface area contributed by atoms with E-state index in [-0.39, 0.29) is 11.9 Å². The molecular formula is C15H19NO3S. The summed E-state index contributed by atoms with van der Waals surface area (Å²) < 4.78 is 5.54. The van der Waals surface area contributed by atoms with Crippen molar-refractivity contribution in [2.75, 3.05) is 18.2 Å². The molecule has 1 fully saturated rings. The van der Waals surface area contributed by atoms with E-state index in [4.69, 9.17) is 4.74 Å². The summed E-state index contributed by atoms with van der Waals surface area (Å²) >= 11 is 1.63. The van der Waals surface area contributed by atoms with Crippen molar-refractivity contribution in [3.05, 3.63) is 35.9 Å². The number of nitrogens with zero attached hydrogens (tertiary/aromatic N) is 1. The van der Waals surface area contributed by atoms with Crippen molar-refractivity contribution in [1.82, 2.24) is 4.90 Å². The summed E-state index contributed by atoms with van der Waals surface area (Å²) in [6.45, 7) is 1.14. The second kappa shape index (κ2) is 8.07. The molecule has 1 atom stereocenters. The van der Waals surface area contributed by atoms with E-state index in [1.165, 1.54) is 0 Å². The number of rotatable bonds is 7. The molecule has 1 aliphatic rings. The van der Waals surface area contributed by atoms with Gasteiger partial charge in [0.15, 0.2) is 0 Å². The normalized spacial score (nSPS) is 18.2. The van der Waals surface area contributed by atoms with Crippen molar-refractivity contribution in [3.8, 4) is 0 Å². The van der Waals surface area contributed by atoms with Gasteiger partial charge in [-0.25, -0.2) is 0 Å². The van der Waals surface area contributed by atoms with Crippen LogP contribution in [0, 0.1) is 0 Å². The molecule has 0 saturated carbocycles. The van der Waals surface area contributed by atoms with E-state index in [1.807, 2.05) is 30.3 Å². The lowest BCUT2D eigenvalue weighted by molar-refractivity contribution is -0.134. The minimum absolute atomic E-state index is 0.0513. The lowest BCUT2D eigenvalue weighted by Crippen LogP contribution is -2.37. The zero-order chi connectivity index (χ0) is 14.2. The maximum Gasteiger partial charge on any atom is 0.223 e. The molecule has 2 rings (SSSR count). The second-order valence-corrected chi connectivity index (χ2v) is 5.71. The van der Waals surface area contributed by atoms with Crippen LogP contribution in [-0.4, -0.2) is 41.4 Å². The number of benzene rings is 1. The zero-order valence-corrected chi connectivity index (χ0v) is 12.2. The summed E-state index contributed by atoms with van der Waals surface area (Å²) in [5, 5.41) is 0. The molecule has 0 bridgehead atoms. The molecule has 0 aliphatic carbocycles. The zero-order valence-electron chi connectivity index (χ0n) is 11.4. The highest BCUT2D eigenvalue weighted by molar-refractivity contribution is 7.99. The van der Waals surface area contributed by atoms with Gasteiger partial charge in [0.25, 0.3) is 0 Å². The standard InChI is InChI=1S/C15H19NO3S/c17-9-14-11-20-12-16(14)15(18)7-4-8-19-10-13-5-2-1-3-6-13/h1-3,5-6,9,14H,4,7-8,10-12H2/t14-/m1/s1. The van der Waals surface area contributed by atoms with Gasteiger partial charge in [-0.05, 0) is 12.0 Å². The van der Waals surface area contributed by atoms with Crippen LogP contribution in [0.4, 0.5) is 0 Å². The van der Waals surface area contributed by atoms with Crippen molar-refractivity contribution in [1.29, 1.82) is 0 Å². The number of carbonyl (C=O) groups excluding carboxylic acids is 2. The van der Waals surface area contributed by atoms with E-state index < -0.39 is 0 Å². The molecule has 5 heteroatoms. The van der Waals surface area contributed by atoms with Crippen LogP contribution in [0.1, 0.15) is 18.4 Å². The fourth-order valence-corrected chi connectivity index (χ4v) is 3.20. The van der Waals surface area contributed by atoms with Gasteiger partial charge >= 0.3 is 0 Å². The Balaban J connectivity index is 1.61. The van der Waals surface area contributed by atoms with E-state index in [0.717, 1.165) is 17.6 Å². The molecule has 20 heavy (non-hydrogen) atoms. The van der Waals surface area contributed by atoms with Gasteiger partial charge in [-0.1, -0.05) is 30.3 Å². The predicted octanol–water partition coefficient (Wildman–Crippen LogP) is 2.08. The topological polar surface area (TPSA) is 46.6 Å². The number of aldehydes is 1. The molecule has 0 spiro atoms. The maximum absolute atomic E-state index is 11.9. The van der Waals surface area contributed by atoms with Crippen molar-refractivity contribution >= 4 is 24.0 Å². The summed E-state index contributed by atoms with van der Waals surface area (Å²) in [5.41, 5.74) is 1.13. The molecule has 0 aromatic heterocycles. The Morgan fingerprint density at radius 1 is 1.40 bits per heavy atom. The molecule has 0 unspecified atom stereocenters. The number of amides is 1. The van der Waals surface area contributed by atoms with Gasteiger partial charge in [-0.2, -0.15) is 0 Å². The van der Waals surface area contributed by atoms with Gasteiger partial charge in [0.1, 0.15) is 6.29 Å². The maximum atomic E-state index is 11.9. The second-order valence-electron chi connectivity index (χ2n) is 4.71. The fraction of sp³-hybridized carbons (Fsp3) is 0.467. The van der Waals surface area contributed by atoms with Crippen molar-refractivity contribution in [2.45, 2.75) is 25.5 Å². The van der Waals surface area contributed by atoms with E-state index in [9.17, 15) is 9.59 Å². The van der Waals surface area contributed by atoms with Crippen molar-refractivity contribution in [2.24, 2.45) is 0 Å². The third kappa shape index (κ3) is 4.35. The SMILES string of the molecule is O=C[C@@H]1CSCN1C(=O)CCCOCc1ccccc1.